The molecule has 0 aliphatic carbocycles. The van der Waals surface area contributed by atoms with Gasteiger partial charge in [-0.15, -0.1) is 0 Å². The first-order chi connectivity index (χ1) is 11.2. The standard InChI is InChI=1S/C18H24N4O/c1-21-9-2-3-17(13-21)18(23)20-11-15-4-6-16(7-5-15)12-22-10-8-19-14-22/h4-8,10,14,17H,2-3,9,11-13H2,1H3,(H,20,23). The Bertz CT molecular complexity index is 621. The van der Waals surface area contributed by atoms with Gasteiger partial charge in [-0.1, -0.05) is 24.3 Å². The molecule has 1 aliphatic rings. The normalized spacial score (nSPS) is 18.7. The number of amides is 1. The van der Waals surface area contributed by atoms with Crippen LogP contribution >= 0.6 is 0 Å². The van der Waals surface area contributed by atoms with E-state index in [9.17, 15) is 4.79 Å². The van der Waals surface area contributed by atoms with Gasteiger partial charge in [0, 0.05) is 32.0 Å². The number of nitrogens with zero attached hydrogens (tertiary/aromatic N) is 3. The average Bonchev–Trinajstić information content (AvgIpc) is 3.07. The van der Waals surface area contributed by atoms with Gasteiger partial charge in [0.15, 0.2) is 0 Å². The van der Waals surface area contributed by atoms with Crippen LogP contribution in [0.15, 0.2) is 43.0 Å². The number of carbonyl (C=O) groups excluding carboxylic acids is 1. The summed E-state index contributed by atoms with van der Waals surface area (Å²) in [6.07, 6.45) is 7.66. The highest BCUT2D eigenvalue weighted by Gasteiger charge is 2.23. The Hall–Kier alpha value is -2.14. The van der Waals surface area contributed by atoms with Gasteiger partial charge in [0.05, 0.1) is 12.2 Å². The number of aromatic nitrogens is 2. The van der Waals surface area contributed by atoms with E-state index in [4.69, 9.17) is 0 Å². The summed E-state index contributed by atoms with van der Waals surface area (Å²) in [5, 5.41) is 3.07. The molecule has 0 spiro atoms. The zero-order chi connectivity index (χ0) is 16.1. The molecule has 1 atom stereocenters. The molecule has 1 N–H and O–H groups in total. The quantitative estimate of drug-likeness (QED) is 0.917. The summed E-state index contributed by atoms with van der Waals surface area (Å²) in [5.41, 5.74) is 2.36. The molecule has 1 unspecified atom stereocenters. The summed E-state index contributed by atoms with van der Waals surface area (Å²) in [7, 11) is 2.08. The van der Waals surface area contributed by atoms with Crippen molar-refractivity contribution in [3.63, 3.8) is 0 Å². The number of hydrogen-bond acceptors (Lipinski definition) is 3. The fraction of sp³-hybridized carbons (Fsp3) is 0.444. The molecule has 1 saturated heterocycles. The van der Waals surface area contributed by atoms with E-state index in [1.807, 2.05) is 17.1 Å². The topological polar surface area (TPSA) is 50.2 Å². The number of rotatable bonds is 5. The summed E-state index contributed by atoms with van der Waals surface area (Å²) in [4.78, 5) is 18.5. The predicted octanol–water partition coefficient (Wildman–Crippen LogP) is 1.89. The lowest BCUT2D eigenvalue weighted by Gasteiger charge is -2.28. The van der Waals surface area contributed by atoms with Crippen molar-refractivity contribution >= 4 is 5.91 Å². The molecule has 1 aromatic heterocycles. The van der Waals surface area contributed by atoms with Crippen LogP contribution in [0.1, 0.15) is 24.0 Å². The second kappa shape index (κ2) is 7.42. The average molecular weight is 312 g/mol. The number of nitrogens with one attached hydrogen (secondary N) is 1. The largest absolute Gasteiger partial charge is 0.352 e. The number of imidazole rings is 1. The third-order valence-corrected chi connectivity index (χ3v) is 4.41. The Labute approximate surface area is 137 Å². The summed E-state index contributed by atoms with van der Waals surface area (Å²) >= 11 is 0. The lowest BCUT2D eigenvalue weighted by atomic mass is 9.97. The summed E-state index contributed by atoms with van der Waals surface area (Å²) in [5.74, 6) is 0.313. The van der Waals surface area contributed by atoms with Gasteiger partial charge in [-0.3, -0.25) is 4.79 Å². The van der Waals surface area contributed by atoms with Crippen molar-refractivity contribution < 1.29 is 4.79 Å². The van der Waals surface area contributed by atoms with Crippen molar-refractivity contribution in [3.8, 4) is 0 Å². The third kappa shape index (κ3) is 4.42. The van der Waals surface area contributed by atoms with E-state index in [1.54, 1.807) is 6.20 Å². The second-order valence-corrected chi connectivity index (χ2v) is 6.37. The molecule has 5 nitrogen and oxygen atoms in total. The highest BCUT2D eigenvalue weighted by molar-refractivity contribution is 5.78. The van der Waals surface area contributed by atoms with Crippen molar-refractivity contribution in [2.75, 3.05) is 20.1 Å². The summed E-state index contributed by atoms with van der Waals surface area (Å²) < 4.78 is 2.04. The molecular formula is C18H24N4O. The van der Waals surface area contributed by atoms with Gasteiger partial charge in [0.25, 0.3) is 0 Å². The van der Waals surface area contributed by atoms with Crippen LogP contribution in [0.2, 0.25) is 0 Å². The molecule has 2 heterocycles. The van der Waals surface area contributed by atoms with E-state index >= 15 is 0 Å². The van der Waals surface area contributed by atoms with E-state index in [2.05, 4.69) is 46.5 Å². The Morgan fingerprint density at radius 3 is 2.78 bits per heavy atom. The molecule has 1 aromatic carbocycles. The molecule has 5 heteroatoms. The molecule has 0 bridgehead atoms. The van der Waals surface area contributed by atoms with E-state index in [0.29, 0.717) is 6.54 Å². The summed E-state index contributed by atoms with van der Waals surface area (Å²) in [6, 6.07) is 8.38. The van der Waals surface area contributed by atoms with E-state index in [-0.39, 0.29) is 11.8 Å². The third-order valence-electron chi connectivity index (χ3n) is 4.41. The van der Waals surface area contributed by atoms with Crippen molar-refractivity contribution in [1.82, 2.24) is 19.8 Å². The first kappa shape index (κ1) is 15.7. The highest BCUT2D eigenvalue weighted by atomic mass is 16.1. The van der Waals surface area contributed by atoms with Crippen molar-refractivity contribution in [1.29, 1.82) is 0 Å². The first-order valence-corrected chi connectivity index (χ1v) is 8.20. The zero-order valence-electron chi connectivity index (χ0n) is 13.6. The van der Waals surface area contributed by atoms with Gasteiger partial charge in [0.1, 0.15) is 0 Å². The molecule has 1 aliphatic heterocycles. The molecule has 0 radical (unpaired) electrons. The van der Waals surface area contributed by atoms with Crippen molar-refractivity contribution in [3.05, 3.63) is 54.1 Å². The molecule has 3 rings (SSSR count). The van der Waals surface area contributed by atoms with Crippen molar-refractivity contribution in [2.45, 2.75) is 25.9 Å². The fourth-order valence-electron chi connectivity index (χ4n) is 3.07. The fourth-order valence-corrected chi connectivity index (χ4v) is 3.07. The van der Waals surface area contributed by atoms with Crippen LogP contribution in [0.4, 0.5) is 0 Å². The van der Waals surface area contributed by atoms with Crippen LogP contribution in [-0.2, 0) is 17.9 Å². The molecule has 1 amide bonds. The number of likely N-dealkylation sites (tertiary alicyclic amines) is 1. The monoisotopic (exact) mass is 312 g/mol. The lowest BCUT2D eigenvalue weighted by molar-refractivity contribution is -0.126. The van der Waals surface area contributed by atoms with Crippen LogP contribution in [-0.4, -0.2) is 40.5 Å². The molecule has 122 valence electrons. The van der Waals surface area contributed by atoms with Gasteiger partial charge in [0.2, 0.25) is 5.91 Å². The van der Waals surface area contributed by atoms with Crippen LogP contribution in [0, 0.1) is 5.92 Å². The molecular weight excluding hydrogens is 288 g/mol. The Balaban J connectivity index is 1.49. The maximum atomic E-state index is 12.2. The zero-order valence-corrected chi connectivity index (χ0v) is 13.6. The maximum absolute atomic E-state index is 12.2. The van der Waals surface area contributed by atoms with Gasteiger partial charge in [-0.2, -0.15) is 0 Å². The van der Waals surface area contributed by atoms with Gasteiger partial charge >= 0.3 is 0 Å². The molecule has 2 aromatic rings. The van der Waals surface area contributed by atoms with Crippen LogP contribution in [0.5, 0.6) is 0 Å². The number of carbonyl (C=O) groups is 1. The minimum Gasteiger partial charge on any atom is -0.352 e. The van der Waals surface area contributed by atoms with Crippen LogP contribution in [0.25, 0.3) is 0 Å². The Morgan fingerprint density at radius 1 is 1.30 bits per heavy atom. The van der Waals surface area contributed by atoms with Crippen LogP contribution in [0.3, 0.4) is 0 Å². The minimum absolute atomic E-state index is 0.134. The van der Waals surface area contributed by atoms with E-state index < -0.39 is 0 Å². The van der Waals surface area contributed by atoms with Crippen LogP contribution < -0.4 is 5.32 Å². The van der Waals surface area contributed by atoms with E-state index in [0.717, 1.165) is 38.0 Å². The smallest absolute Gasteiger partial charge is 0.224 e. The Kier molecular flexibility index (Phi) is 5.08. The SMILES string of the molecule is CN1CCCC(C(=O)NCc2ccc(Cn3ccnc3)cc2)C1. The maximum Gasteiger partial charge on any atom is 0.224 e. The lowest BCUT2D eigenvalue weighted by Crippen LogP contribution is -2.41. The predicted molar refractivity (Wildman–Crippen MR) is 89.8 cm³/mol. The van der Waals surface area contributed by atoms with Crippen molar-refractivity contribution in [2.24, 2.45) is 5.92 Å². The first-order valence-electron chi connectivity index (χ1n) is 8.20. The number of benzene rings is 1. The van der Waals surface area contributed by atoms with Gasteiger partial charge < -0.3 is 14.8 Å². The highest BCUT2D eigenvalue weighted by Crippen LogP contribution is 2.15. The molecule has 23 heavy (non-hydrogen) atoms. The number of piperidine rings is 1. The Morgan fingerprint density at radius 2 is 2.09 bits per heavy atom. The second-order valence-electron chi connectivity index (χ2n) is 6.37. The van der Waals surface area contributed by atoms with Gasteiger partial charge in [-0.05, 0) is 37.6 Å². The molecule has 1 fully saturated rings. The number of hydrogen-bond donors (Lipinski definition) is 1. The minimum atomic E-state index is 0.134. The summed E-state index contributed by atoms with van der Waals surface area (Å²) in [6.45, 7) is 3.39. The molecule has 0 saturated carbocycles. The van der Waals surface area contributed by atoms with E-state index in [1.165, 1.54) is 5.56 Å². The van der Waals surface area contributed by atoms with Gasteiger partial charge in [-0.25, -0.2) is 4.98 Å².